The molecule has 26 heavy (non-hydrogen) atoms. The lowest BCUT2D eigenvalue weighted by Crippen LogP contribution is -2.18. The van der Waals surface area contributed by atoms with E-state index in [1.807, 2.05) is 19.9 Å². The van der Waals surface area contributed by atoms with Gasteiger partial charge in [-0.2, -0.15) is 0 Å². The van der Waals surface area contributed by atoms with E-state index in [0.29, 0.717) is 23.4 Å². The summed E-state index contributed by atoms with van der Waals surface area (Å²) in [6.45, 7) is 3.61. The molecule has 0 aliphatic heterocycles. The predicted octanol–water partition coefficient (Wildman–Crippen LogP) is 3.55. The summed E-state index contributed by atoms with van der Waals surface area (Å²) >= 11 is 0. The summed E-state index contributed by atoms with van der Waals surface area (Å²) in [6, 6.07) is 13.7. The third kappa shape index (κ3) is 5.73. The normalized spacial score (nSPS) is 10.4. The van der Waals surface area contributed by atoms with Crippen LogP contribution in [-0.4, -0.2) is 22.9 Å². The van der Waals surface area contributed by atoms with Gasteiger partial charge in [0.1, 0.15) is 0 Å². The molecule has 2 rings (SSSR count). The van der Waals surface area contributed by atoms with Gasteiger partial charge in [-0.3, -0.25) is 14.4 Å². The van der Waals surface area contributed by atoms with E-state index in [4.69, 9.17) is 5.11 Å². The molecule has 136 valence electrons. The molecular formula is C20H22N2O4. The number of hydrogen-bond acceptors (Lipinski definition) is 3. The highest BCUT2D eigenvalue weighted by molar-refractivity contribution is 6.04. The highest BCUT2D eigenvalue weighted by Gasteiger charge is 2.09. The van der Waals surface area contributed by atoms with Gasteiger partial charge in [0.2, 0.25) is 5.91 Å². The van der Waals surface area contributed by atoms with Gasteiger partial charge < -0.3 is 15.7 Å². The highest BCUT2D eigenvalue weighted by Crippen LogP contribution is 2.15. The minimum absolute atomic E-state index is 0.0426. The Kier molecular flexibility index (Phi) is 6.49. The zero-order valence-electron chi connectivity index (χ0n) is 14.8. The summed E-state index contributed by atoms with van der Waals surface area (Å²) in [4.78, 5) is 34.7. The van der Waals surface area contributed by atoms with Crippen molar-refractivity contribution in [2.75, 3.05) is 10.6 Å². The Morgan fingerprint density at radius 1 is 0.962 bits per heavy atom. The van der Waals surface area contributed by atoms with Crippen molar-refractivity contribution in [2.45, 2.75) is 26.7 Å². The Morgan fingerprint density at radius 3 is 2.27 bits per heavy atom. The van der Waals surface area contributed by atoms with Crippen molar-refractivity contribution in [2.24, 2.45) is 5.92 Å². The minimum atomic E-state index is -0.857. The molecule has 0 saturated carbocycles. The van der Waals surface area contributed by atoms with Gasteiger partial charge in [0.15, 0.2) is 0 Å². The van der Waals surface area contributed by atoms with Crippen LogP contribution in [0.15, 0.2) is 48.5 Å². The summed E-state index contributed by atoms with van der Waals surface area (Å²) in [5, 5.41) is 14.3. The zero-order chi connectivity index (χ0) is 19.1. The fourth-order valence-electron chi connectivity index (χ4n) is 2.25. The number of anilines is 2. The van der Waals surface area contributed by atoms with Crippen LogP contribution in [0.2, 0.25) is 0 Å². The summed E-state index contributed by atoms with van der Waals surface area (Å²) in [5.74, 6) is -1.34. The molecule has 6 nitrogen and oxygen atoms in total. The quantitative estimate of drug-likeness (QED) is 0.708. The van der Waals surface area contributed by atoms with E-state index in [2.05, 4.69) is 10.6 Å². The zero-order valence-corrected chi connectivity index (χ0v) is 14.8. The first kappa shape index (κ1) is 19.2. The van der Waals surface area contributed by atoms with Gasteiger partial charge in [-0.1, -0.05) is 26.0 Å². The summed E-state index contributed by atoms with van der Waals surface area (Å²) in [6.07, 6.45) is 0.449. The van der Waals surface area contributed by atoms with Crippen LogP contribution >= 0.6 is 0 Å². The number of nitrogens with one attached hydrogen (secondary N) is 2. The molecule has 0 aliphatic carbocycles. The van der Waals surface area contributed by atoms with Crippen LogP contribution in [0.25, 0.3) is 0 Å². The number of amides is 2. The van der Waals surface area contributed by atoms with Gasteiger partial charge in [0.25, 0.3) is 5.91 Å². The lowest BCUT2D eigenvalue weighted by atomic mass is 10.1. The Labute approximate surface area is 152 Å². The summed E-state index contributed by atoms with van der Waals surface area (Å²) < 4.78 is 0. The SMILES string of the molecule is CC(C)C(=O)Nc1ccc(C(=O)Nc2cccc(CCC(=O)O)c2)cc1. The number of carboxylic acid groups (broad SMARTS) is 1. The average Bonchev–Trinajstić information content (AvgIpc) is 2.60. The van der Waals surface area contributed by atoms with Gasteiger partial charge >= 0.3 is 5.97 Å². The maximum absolute atomic E-state index is 12.3. The molecule has 3 N–H and O–H groups in total. The van der Waals surface area contributed by atoms with E-state index < -0.39 is 5.97 Å². The second-order valence-corrected chi connectivity index (χ2v) is 6.27. The van der Waals surface area contributed by atoms with Crippen LogP contribution in [-0.2, 0) is 16.0 Å². The van der Waals surface area contributed by atoms with E-state index in [9.17, 15) is 14.4 Å². The van der Waals surface area contributed by atoms with Gasteiger partial charge in [-0.05, 0) is 48.4 Å². The number of benzene rings is 2. The Morgan fingerprint density at radius 2 is 1.65 bits per heavy atom. The standard InChI is InChI=1S/C20H22N2O4/c1-13(2)19(25)21-16-9-7-15(8-10-16)20(26)22-17-5-3-4-14(12-17)6-11-18(23)24/h3-5,7-10,12-13H,6,11H2,1-2H3,(H,21,25)(H,22,26)(H,23,24). The Balaban J connectivity index is 2.00. The maximum Gasteiger partial charge on any atom is 0.303 e. The Hall–Kier alpha value is -3.15. The number of hydrogen-bond donors (Lipinski definition) is 3. The number of rotatable bonds is 7. The molecule has 0 saturated heterocycles. The third-order valence-corrected chi connectivity index (χ3v) is 3.75. The van der Waals surface area contributed by atoms with Crippen molar-refractivity contribution in [1.82, 2.24) is 0 Å². The van der Waals surface area contributed by atoms with Gasteiger partial charge in [-0.25, -0.2) is 0 Å². The Bertz CT molecular complexity index is 798. The smallest absolute Gasteiger partial charge is 0.303 e. The van der Waals surface area contributed by atoms with Crippen LogP contribution in [0.3, 0.4) is 0 Å². The molecule has 0 radical (unpaired) electrons. The molecule has 2 aromatic carbocycles. The van der Waals surface area contributed by atoms with E-state index in [1.54, 1.807) is 42.5 Å². The van der Waals surface area contributed by atoms with Gasteiger partial charge in [-0.15, -0.1) is 0 Å². The third-order valence-electron chi connectivity index (χ3n) is 3.75. The summed E-state index contributed by atoms with van der Waals surface area (Å²) in [7, 11) is 0. The second-order valence-electron chi connectivity index (χ2n) is 6.27. The number of aliphatic carboxylic acids is 1. The average molecular weight is 354 g/mol. The fraction of sp³-hybridized carbons (Fsp3) is 0.250. The number of carbonyl (C=O) groups is 3. The summed E-state index contributed by atoms with van der Waals surface area (Å²) in [5.41, 5.74) is 2.55. The number of carbonyl (C=O) groups excluding carboxylic acids is 2. The van der Waals surface area contributed by atoms with Crippen LogP contribution in [0.4, 0.5) is 11.4 Å². The van der Waals surface area contributed by atoms with Crippen molar-refractivity contribution in [3.63, 3.8) is 0 Å². The van der Waals surface area contributed by atoms with Crippen LogP contribution in [0.5, 0.6) is 0 Å². The number of aryl methyl sites for hydroxylation is 1. The first-order chi connectivity index (χ1) is 12.3. The molecule has 0 aliphatic rings. The monoisotopic (exact) mass is 354 g/mol. The first-order valence-electron chi connectivity index (χ1n) is 8.38. The largest absolute Gasteiger partial charge is 0.481 e. The van der Waals surface area contributed by atoms with Crippen molar-refractivity contribution >= 4 is 29.2 Å². The lowest BCUT2D eigenvalue weighted by Gasteiger charge is -2.09. The van der Waals surface area contributed by atoms with Gasteiger partial charge in [0, 0.05) is 29.3 Å². The topological polar surface area (TPSA) is 95.5 Å². The number of carboxylic acids is 1. The van der Waals surface area contributed by atoms with Crippen molar-refractivity contribution in [3.05, 3.63) is 59.7 Å². The van der Waals surface area contributed by atoms with Crippen LogP contribution in [0.1, 0.15) is 36.2 Å². The van der Waals surface area contributed by atoms with E-state index in [-0.39, 0.29) is 24.2 Å². The van der Waals surface area contributed by atoms with E-state index in [1.165, 1.54) is 0 Å². The van der Waals surface area contributed by atoms with Gasteiger partial charge in [0.05, 0.1) is 0 Å². The minimum Gasteiger partial charge on any atom is -0.481 e. The predicted molar refractivity (Wildman–Crippen MR) is 100 cm³/mol. The van der Waals surface area contributed by atoms with E-state index in [0.717, 1.165) is 5.56 Å². The molecule has 0 heterocycles. The van der Waals surface area contributed by atoms with Crippen molar-refractivity contribution in [1.29, 1.82) is 0 Å². The molecule has 0 aromatic heterocycles. The molecule has 0 bridgehead atoms. The van der Waals surface area contributed by atoms with Crippen molar-refractivity contribution < 1.29 is 19.5 Å². The second kappa shape index (κ2) is 8.80. The first-order valence-corrected chi connectivity index (χ1v) is 8.38. The lowest BCUT2D eigenvalue weighted by molar-refractivity contribution is -0.137. The molecule has 0 spiro atoms. The molecule has 2 amide bonds. The highest BCUT2D eigenvalue weighted by atomic mass is 16.4. The molecule has 0 atom stereocenters. The van der Waals surface area contributed by atoms with Crippen LogP contribution < -0.4 is 10.6 Å². The molecule has 2 aromatic rings. The molecular weight excluding hydrogens is 332 g/mol. The maximum atomic E-state index is 12.3. The molecule has 0 unspecified atom stereocenters. The molecule has 6 heteroatoms. The fourth-order valence-corrected chi connectivity index (χ4v) is 2.25. The van der Waals surface area contributed by atoms with Crippen molar-refractivity contribution in [3.8, 4) is 0 Å². The molecule has 0 fully saturated rings. The van der Waals surface area contributed by atoms with E-state index >= 15 is 0 Å². The van der Waals surface area contributed by atoms with Crippen LogP contribution in [0, 0.1) is 5.92 Å².